The van der Waals surface area contributed by atoms with E-state index >= 15 is 0 Å². The van der Waals surface area contributed by atoms with Crippen LogP contribution < -0.4 is 9.80 Å². The molecule has 20 heavy (non-hydrogen) atoms. The smallest absolute Gasteiger partial charge is 0.252 e. The lowest BCUT2D eigenvalue weighted by Gasteiger charge is -2.47. The quantitative estimate of drug-likeness (QED) is 0.679. The second kappa shape index (κ2) is 4.86. The number of amides is 1. The molecule has 1 amide bonds. The molecule has 3 rings (SSSR count). The molecule has 1 spiro atoms. The molecular weight excluding hydrogens is 280 g/mol. The van der Waals surface area contributed by atoms with Crippen molar-refractivity contribution in [3.63, 3.8) is 0 Å². The zero-order valence-corrected chi connectivity index (χ0v) is 12.4. The minimum atomic E-state index is -0.587. The van der Waals surface area contributed by atoms with E-state index in [1.54, 1.807) is 18.1 Å². The van der Waals surface area contributed by atoms with Gasteiger partial charge in [0.2, 0.25) is 5.28 Å². The number of ether oxygens (including phenoxy) is 1. The van der Waals surface area contributed by atoms with Crippen molar-refractivity contribution in [2.75, 3.05) is 37.1 Å². The van der Waals surface area contributed by atoms with Crippen LogP contribution in [0.2, 0.25) is 5.28 Å². The molecule has 0 radical (unpaired) electrons. The third-order valence-corrected chi connectivity index (χ3v) is 4.47. The number of hydrogen-bond acceptors (Lipinski definition) is 5. The highest BCUT2D eigenvalue weighted by Gasteiger charge is 2.49. The summed E-state index contributed by atoms with van der Waals surface area (Å²) in [6.45, 7) is 1.28. The predicted octanol–water partition coefficient (Wildman–Crippen LogP) is 1.48. The standard InChI is InChI=1S/C13H17ClN4O2/c1-17-9-8-15-12(14)16-10(9)18(2)13(11(17)19)4-3-6-20-7-5-13/h8H,3-7H2,1-2H3. The molecule has 2 aliphatic heterocycles. The zero-order chi connectivity index (χ0) is 14.3. The molecule has 0 bridgehead atoms. The number of carbonyl (C=O) groups is 1. The molecule has 2 aliphatic rings. The first-order valence-electron chi connectivity index (χ1n) is 6.68. The Morgan fingerprint density at radius 1 is 1.35 bits per heavy atom. The van der Waals surface area contributed by atoms with E-state index in [0.29, 0.717) is 31.1 Å². The molecule has 6 nitrogen and oxygen atoms in total. The molecule has 108 valence electrons. The van der Waals surface area contributed by atoms with Crippen LogP contribution in [0.3, 0.4) is 0 Å². The predicted molar refractivity (Wildman–Crippen MR) is 76.3 cm³/mol. The van der Waals surface area contributed by atoms with Gasteiger partial charge in [0.25, 0.3) is 5.91 Å². The zero-order valence-electron chi connectivity index (χ0n) is 11.6. The average Bonchev–Trinajstić information content (AvgIpc) is 2.70. The number of likely N-dealkylation sites (N-methyl/N-ethyl adjacent to an activating group) is 2. The maximum absolute atomic E-state index is 12.9. The first-order valence-corrected chi connectivity index (χ1v) is 7.06. The van der Waals surface area contributed by atoms with Crippen molar-refractivity contribution in [2.24, 2.45) is 0 Å². The summed E-state index contributed by atoms with van der Waals surface area (Å²) >= 11 is 5.91. The minimum Gasteiger partial charge on any atom is -0.381 e. The number of nitrogens with zero attached hydrogens (tertiary/aromatic N) is 4. The summed E-state index contributed by atoms with van der Waals surface area (Å²) < 4.78 is 5.51. The molecule has 1 unspecified atom stereocenters. The summed E-state index contributed by atoms with van der Waals surface area (Å²) in [6, 6.07) is 0. The first-order chi connectivity index (χ1) is 9.56. The average molecular weight is 297 g/mol. The largest absolute Gasteiger partial charge is 0.381 e. The number of rotatable bonds is 0. The summed E-state index contributed by atoms with van der Waals surface area (Å²) in [6.07, 6.45) is 3.87. The number of anilines is 2. The normalized spacial score (nSPS) is 26.6. The summed E-state index contributed by atoms with van der Waals surface area (Å²) in [4.78, 5) is 24.7. The van der Waals surface area contributed by atoms with Gasteiger partial charge >= 0.3 is 0 Å². The van der Waals surface area contributed by atoms with Gasteiger partial charge in [0.05, 0.1) is 6.20 Å². The summed E-state index contributed by atoms with van der Waals surface area (Å²) in [7, 11) is 3.66. The molecule has 3 heterocycles. The molecule has 7 heteroatoms. The number of aromatic nitrogens is 2. The van der Waals surface area contributed by atoms with Crippen molar-refractivity contribution in [3.8, 4) is 0 Å². The monoisotopic (exact) mass is 296 g/mol. The van der Waals surface area contributed by atoms with Gasteiger partial charge in [-0.15, -0.1) is 0 Å². The van der Waals surface area contributed by atoms with Crippen molar-refractivity contribution in [2.45, 2.75) is 24.8 Å². The van der Waals surface area contributed by atoms with Crippen LogP contribution in [0.1, 0.15) is 19.3 Å². The van der Waals surface area contributed by atoms with Gasteiger partial charge in [0, 0.05) is 33.7 Å². The van der Waals surface area contributed by atoms with E-state index in [4.69, 9.17) is 16.3 Å². The Hall–Kier alpha value is -1.40. The van der Waals surface area contributed by atoms with Gasteiger partial charge in [-0.1, -0.05) is 0 Å². The van der Waals surface area contributed by atoms with E-state index in [9.17, 15) is 4.79 Å². The fourth-order valence-corrected chi connectivity index (χ4v) is 3.21. The Labute approximate surface area is 122 Å². The van der Waals surface area contributed by atoms with Crippen LogP contribution in [-0.2, 0) is 9.53 Å². The van der Waals surface area contributed by atoms with Gasteiger partial charge in [-0.05, 0) is 24.4 Å². The van der Waals surface area contributed by atoms with Crippen molar-refractivity contribution >= 4 is 29.0 Å². The lowest BCUT2D eigenvalue weighted by atomic mass is 9.85. The van der Waals surface area contributed by atoms with Crippen LogP contribution in [0.15, 0.2) is 6.20 Å². The maximum Gasteiger partial charge on any atom is 0.252 e. The van der Waals surface area contributed by atoms with Crippen molar-refractivity contribution in [1.82, 2.24) is 9.97 Å². The molecule has 0 aliphatic carbocycles. The molecule has 0 N–H and O–H groups in total. The highest BCUT2D eigenvalue weighted by Crippen LogP contribution is 2.42. The number of hydrogen-bond donors (Lipinski definition) is 0. The molecular formula is C13H17ClN4O2. The highest BCUT2D eigenvalue weighted by molar-refractivity contribution is 6.28. The second-order valence-corrected chi connectivity index (χ2v) is 5.61. The summed E-state index contributed by atoms with van der Waals surface area (Å²) in [5.41, 5.74) is 0.105. The van der Waals surface area contributed by atoms with E-state index in [-0.39, 0.29) is 11.2 Å². The molecule has 1 fully saturated rings. The van der Waals surface area contributed by atoms with E-state index in [2.05, 4.69) is 9.97 Å². The molecule has 1 atom stereocenters. The minimum absolute atomic E-state index is 0.0731. The van der Waals surface area contributed by atoms with Gasteiger partial charge in [0.15, 0.2) is 5.82 Å². The summed E-state index contributed by atoms with van der Waals surface area (Å²) in [5, 5.41) is 0.193. The van der Waals surface area contributed by atoms with Gasteiger partial charge in [-0.3, -0.25) is 4.79 Å². The Bertz CT molecular complexity index is 543. The van der Waals surface area contributed by atoms with Gasteiger partial charge < -0.3 is 14.5 Å². The Kier molecular flexibility index (Phi) is 3.30. The first kappa shape index (κ1) is 13.6. The van der Waals surface area contributed by atoms with Crippen LogP contribution in [0.5, 0.6) is 0 Å². The molecule has 0 saturated carbocycles. The SMILES string of the molecule is CN1C(=O)C2(CCCOCC2)N(C)c2nc(Cl)ncc21. The fraction of sp³-hybridized carbons (Fsp3) is 0.615. The van der Waals surface area contributed by atoms with Crippen LogP contribution in [0.4, 0.5) is 11.5 Å². The van der Waals surface area contributed by atoms with E-state index in [1.807, 2.05) is 11.9 Å². The lowest BCUT2D eigenvalue weighted by molar-refractivity contribution is -0.124. The third-order valence-electron chi connectivity index (χ3n) is 4.28. The number of halogens is 1. The maximum atomic E-state index is 12.9. The van der Waals surface area contributed by atoms with Crippen LogP contribution >= 0.6 is 11.6 Å². The molecule has 1 saturated heterocycles. The van der Waals surface area contributed by atoms with Crippen molar-refractivity contribution in [1.29, 1.82) is 0 Å². The van der Waals surface area contributed by atoms with E-state index in [0.717, 1.165) is 12.8 Å². The van der Waals surface area contributed by atoms with Crippen molar-refractivity contribution in [3.05, 3.63) is 11.5 Å². The lowest BCUT2D eigenvalue weighted by Crippen LogP contribution is -2.62. The molecule has 1 aromatic heterocycles. The van der Waals surface area contributed by atoms with E-state index < -0.39 is 5.54 Å². The topological polar surface area (TPSA) is 58.6 Å². The van der Waals surface area contributed by atoms with Crippen LogP contribution in [0, 0.1) is 0 Å². The van der Waals surface area contributed by atoms with Crippen molar-refractivity contribution < 1.29 is 9.53 Å². The summed E-state index contributed by atoms with van der Waals surface area (Å²) in [5.74, 6) is 0.776. The number of fused-ring (bicyclic) bond motifs is 1. The van der Waals surface area contributed by atoms with Crippen LogP contribution in [0.25, 0.3) is 0 Å². The van der Waals surface area contributed by atoms with Gasteiger partial charge in [-0.2, -0.15) is 4.98 Å². The Morgan fingerprint density at radius 3 is 2.95 bits per heavy atom. The van der Waals surface area contributed by atoms with Crippen LogP contribution in [-0.4, -0.2) is 48.7 Å². The highest BCUT2D eigenvalue weighted by atomic mass is 35.5. The molecule has 0 aromatic carbocycles. The van der Waals surface area contributed by atoms with Gasteiger partial charge in [0.1, 0.15) is 11.2 Å². The Morgan fingerprint density at radius 2 is 2.15 bits per heavy atom. The second-order valence-electron chi connectivity index (χ2n) is 5.27. The third kappa shape index (κ3) is 1.86. The van der Waals surface area contributed by atoms with Gasteiger partial charge in [-0.25, -0.2) is 4.98 Å². The van der Waals surface area contributed by atoms with E-state index in [1.165, 1.54) is 0 Å². The molecule has 1 aromatic rings. The Balaban J connectivity index is 2.11. The number of carbonyl (C=O) groups excluding carboxylic acids is 1. The fourth-order valence-electron chi connectivity index (χ4n) is 3.08.